The number of fused-ring (bicyclic) bond motifs is 3. The fraction of sp³-hybridized carbons (Fsp3) is 0.103. The fourth-order valence-corrected chi connectivity index (χ4v) is 5.97. The maximum absolute atomic E-state index is 11.5. The van der Waals surface area contributed by atoms with Gasteiger partial charge in [-0.05, 0) is 87.2 Å². The van der Waals surface area contributed by atoms with Gasteiger partial charge in [-0.3, -0.25) is 10.0 Å². The van der Waals surface area contributed by atoms with Gasteiger partial charge in [-0.15, -0.1) is 0 Å². The third-order valence-electron chi connectivity index (χ3n) is 7.83. The van der Waals surface area contributed by atoms with E-state index in [4.69, 9.17) is 9.94 Å². The number of aromatic amines is 2. The number of imidazole rings is 2. The van der Waals surface area contributed by atoms with Crippen molar-refractivity contribution in [3.05, 3.63) is 161 Å². The Morgan fingerprint density at radius 3 is 1.84 bits per heavy atom. The molecule has 1 amide bonds. The number of hydroxylamine groups is 1. The molecule has 250 valence electrons. The van der Waals surface area contributed by atoms with Crippen LogP contribution in [-0.2, 0) is 24.0 Å². The first kappa shape index (κ1) is 34.0. The molecule has 3 heterocycles. The van der Waals surface area contributed by atoms with E-state index >= 15 is 0 Å². The molecule has 2 aromatic heterocycles. The second-order valence-electron chi connectivity index (χ2n) is 11.4. The van der Waals surface area contributed by atoms with Crippen molar-refractivity contribution in [2.24, 2.45) is 4.99 Å². The number of hydrogen-bond donors (Lipinski definition) is 4. The van der Waals surface area contributed by atoms with Crippen LogP contribution in [0.4, 0.5) is 5.69 Å². The van der Waals surface area contributed by atoms with Gasteiger partial charge in [0.1, 0.15) is 11.6 Å². The van der Waals surface area contributed by atoms with Crippen molar-refractivity contribution < 1.29 is 19.5 Å². The van der Waals surface area contributed by atoms with E-state index in [2.05, 4.69) is 46.9 Å². The standard InChI is InChI=1S/C16H14N2O2.C15H13N3O2.C8H6BrN/c1-20-16(19)12-6-4-5-11(9-12)10-15-17-13-7-2-3-8-14(13)18-15;19-15(18-20)11-5-3-4-10(8-11)9-14-16-12-6-1-2-7-13(12)17-14;9-8-5-6-3-1-2-4-7(6)10-8/h2-9H,10H2,1H3,(H,17,18);1-8,20H,9H2,(H,16,17)(H,18,19);1-4H,5H2. The van der Waals surface area contributed by atoms with Crippen molar-refractivity contribution in [2.75, 3.05) is 7.11 Å². The number of esters is 1. The number of aromatic nitrogens is 4. The predicted octanol–water partition coefficient (Wildman–Crippen LogP) is 7.88. The molecule has 1 aliphatic heterocycles. The summed E-state index contributed by atoms with van der Waals surface area (Å²) in [5.41, 5.74) is 10.9. The van der Waals surface area contributed by atoms with Gasteiger partial charge < -0.3 is 14.7 Å². The van der Waals surface area contributed by atoms with E-state index in [-0.39, 0.29) is 5.97 Å². The second-order valence-corrected chi connectivity index (χ2v) is 12.3. The van der Waals surface area contributed by atoms with E-state index in [1.807, 2.05) is 91.0 Å². The number of nitrogens with zero attached hydrogens (tertiary/aromatic N) is 3. The van der Waals surface area contributed by atoms with Crippen molar-refractivity contribution in [1.29, 1.82) is 0 Å². The molecule has 0 aliphatic carbocycles. The molecule has 1 aliphatic rings. The lowest BCUT2D eigenvalue weighted by Gasteiger charge is -2.02. The van der Waals surface area contributed by atoms with Crippen LogP contribution >= 0.6 is 15.9 Å². The second kappa shape index (κ2) is 16.0. The number of H-pyrrole nitrogens is 2. The molecule has 5 aromatic carbocycles. The van der Waals surface area contributed by atoms with Crippen LogP contribution in [0.5, 0.6) is 0 Å². The van der Waals surface area contributed by atoms with Crippen LogP contribution in [-0.4, -0.2) is 48.8 Å². The van der Waals surface area contributed by atoms with Gasteiger partial charge in [-0.1, -0.05) is 66.7 Å². The number of nitrogens with one attached hydrogen (secondary N) is 3. The number of amides is 1. The summed E-state index contributed by atoms with van der Waals surface area (Å²) in [6.45, 7) is 0. The van der Waals surface area contributed by atoms with E-state index in [1.165, 1.54) is 12.7 Å². The van der Waals surface area contributed by atoms with Crippen molar-refractivity contribution in [3.8, 4) is 0 Å². The van der Waals surface area contributed by atoms with Crippen molar-refractivity contribution >= 4 is 60.2 Å². The van der Waals surface area contributed by atoms with Crippen LogP contribution in [0.1, 0.15) is 49.1 Å². The van der Waals surface area contributed by atoms with Gasteiger partial charge in [0.25, 0.3) is 5.91 Å². The summed E-state index contributed by atoms with van der Waals surface area (Å²) < 4.78 is 5.76. The highest BCUT2D eigenvalue weighted by molar-refractivity contribution is 9.18. The summed E-state index contributed by atoms with van der Waals surface area (Å²) in [5.74, 6) is 0.883. The average molecular weight is 730 g/mol. The molecule has 8 rings (SSSR count). The summed E-state index contributed by atoms with van der Waals surface area (Å²) in [4.78, 5) is 42.7. The highest BCUT2D eigenvalue weighted by atomic mass is 79.9. The number of ether oxygens (including phenoxy) is 1. The first-order valence-electron chi connectivity index (χ1n) is 15.8. The van der Waals surface area contributed by atoms with Gasteiger partial charge >= 0.3 is 5.97 Å². The quantitative estimate of drug-likeness (QED) is 0.0779. The Morgan fingerprint density at radius 1 is 0.740 bits per heavy atom. The molecule has 0 saturated carbocycles. The average Bonchev–Trinajstić information content (AvgIpc) is 3.86. The van der Waals surface area contributed by atoms with Crippen molar-refractivity contribution in [1.82, 2.24) is 25.4 Å². The Labute approximate surface area is 296 Å². The minimum absolute atomic E-state index is 0.323. The molecule has 50 heavy (non-hydrogen) atoms. The number of methoxy groups -OCH3 is 1. The number of hydrogen-bond acceptors (Lipinski definition) is 7. The number of carbonyl (C=O) groups is 2. The Morgan fingerprint density at radius 2 is 1.28 bits per heavy atom. The van der Waals surface area contributed by atoms with Crippen molar-refractivity contribution in [2.45, 2.75) is 19.3 Å². The topological polar surface area (TPSA) is 145 Å². The summed E-state index contributed by atoms with van der Waals surface area (Å²) in [7, 11) is 1.38. The van der Waals surface area contributed by atoms with Crippen LogP contribution in [0.15, 0.2) is 126 Å². The molecular weight excluding hydrogens is 696 g/mol. The zero-order chi connectivity index (χ0) is 34.9. The van der Waals surface area contributed by atoms with Gasteiger partial charge in [0.2, 0.25) is 0 Å². The zero-order valence-electron chi connectivity index (χ0n) is 27.1. The van der Waals surface area contributed by atoms with Gasteiger partial charge in [0.15, 0.2) is 0 Å². The Hall–Kier alpha value is -5.91. The number of benzene rings is 5. The predicted molar refractivity (Wildman–Crippen MR) is 197 cm³/mol. The molecule has 11 heteroatoms. The monoisotopic (exact) mass is 728 g/mol. The number of aliphatic imine (C=N–C) groups is 1. The molecule has 0 spiro atoms. The Bertz CT molecular complexity index is 2110. The molecule has 0 radical (unpaired) electrons. The lowest BCUT2D eigenvalue weighted by molar-refractivity contribution is 0.0600. The number of rotatable bonds is 6. The van der Waals surface area contributed by atoms with E-state index in [0.717, 1.165) is 61.6 Å². The number of para-hydroxylation sites is 5. The van der Waals surface area contributed by atoms with Gasteiger partial charge in [0.05, 0.1) is 45.0 Å². The molecule has 4 N–H and O–H groups in total. The van der Waals surface area contributed by atoms with Crippen LogP contribution in [0.25, 0.3) is 22.1 Å². The molecule has 0 unspecified atom stereocenters. The summed E-state index contributed by atoms with van der Waals surface area (Å²) >= 11 is 3.37. The summed E-state index contributed by atoms with van der Waals surface area (Å²) in [6, 6.07) is 38.4. The fourth-order valence-electron chi connectivity index (χ4n) is 5.48. The molecule has 0 atom stereocenters. The number of halogens is 1. The highest BCUT2D eigenvalue weighted by Gasteiger charge is 2.11. The molecular formula is C39H33BrN6O4. The van der Waals surface area contributed by atoms with Crippen molar-refractivity contribution in [3.63, 3.8) is 0 Å². The molecule has 10 nitrogen and oxygen atoms in total. The van der Waals surface area contributed by atoms with E-state index in [1.54, 1.807) is 29.7 Å². The minimum Gasteiger partial charge on any atom is -0.465 e. The largest absolute Gasteiger partial charge is 0.465 e. The highest BCUT2D eigenvalue weighted by Crippen LogP contribution is 2.27. The zero-order valence-corrected chi connectivity index (χ0v) is 28.6. The molecule has 0 bridgehead atoms. The minimum atomic E-state index is -0.517. The van der Waals surface area contributed by atoms with E-state index in [9.17, 15) is 9.59 Å². The third kappa shape index (κ3) is 8.56. The summed E-state index contributed by atoms with van der Waals surface area (Å²) in [5, 5.41) is 8.65. The molecule has 0 saturated heterocycles. The SMILES string of the molecule is BrC1=Nc2ccccc2C1.COC(=O)c1cccc(Cc2nc3ccccc3[nH]2)c1.O=C(NO)c1cccc(Cc2nc3ccccc3[nH]2)c1. The first-order chi connectivity index (χ1) is 24.4. The number of carbonyl (C=O) groups excluding carboxylic acids is 2. The van der Waals surface area contributed by atoms with Gasteiger partial charge in [-0.2, -0.15) is 0 Å². The smallest absolute Gasteiger partial charge is 0.337 e. The molecule has 0 fully saturated rings. The van der Waals surface area contributed by atoms with Gasteiger partial charge in [0, 0.05) is 24.8 Å². The van der Waals surface area contributed by atoms with Crippen LogP contribution in [0.3, 0.4) is 0 Å². The van der Waals surface area contributed by atoms with Crippen LogP contribution < -0.4 is 5.48 Å². The Kier molecular flexibility index (Phi) is 10.9. The van der Waals surface area contributed by atoms with Crippen LogP contribution in [0, 0.1) is 0 Å². The third-order valence-corrected chi connectivity index (χ3v) is 8.29. The van der Waals surface area contributed by atoms with Crippen LogP contribution in [0.2, 0.25) is 0 Å². The summed E-state index contributed by atoms with van der Waals surface area (Å²) in [6.07, 6.45) is 2.21. The van der Waals surface area contributed by atoms with Gasteiger partial charge in [-0.25, -0.2) is 25.2 Å². The Balaban J connectivity index is 0.000000137. The maximum Gasteiger partial charge on any atom is 0.337 e. The lowest BCUT2D eigenvalue weighted by Crippen LogP contribution is -2.18. The lowest BCUT2D eigenvalue weighted by atomic mass is 10.1. The molecule has 7 aromatic rings. The maximum atomic E-state index is 11.5. The van der Waals surface area contributed by atoms with E-state index < -0.39 is 5.91 Å². The normalized spacial score (nSPS) is 11.5. The van der Waals surface area contributed by atoms with E-state index in [0.29, 0.717) is 24.0 Å². The first-order valence-corrected chi connectivity index (χ1v) is 16.6.